The lowest BCUT2D eigenvalue weighted by Crippen LogP contribution is -2.25. The van der Waals surface area contributed by atoms with Crippen LogP contribution in [-0.4, -0.2) is 49.6 Å². The number of ether oxygens (including phenoxy) is 1. The van der Waals surface area contributed by atoms with E-state index in [1.54, 1.807) is 0 Å². The molecule has 0 saturated heterocycles. The molecule has 0 aliphatic heterocycles. The Hall–Kier alpha value is -1.14. The maximum absolute atomic E-state index is 11.6. The molecule has 0 aromatic heterocycles. The third-order valence-corrected chi connectivity index (χ3v) is 5.13. The predicted octanol–water partition coefficient (Wildman–Crippen LogP) is 5.01. The molecule has 0 heterocycles. The largest absolute Gasteiger partial charge is 0.466 e. The molecule has 0 atom stereocenters. The Labute approximate surface area is 179 Å². The zero-order valence-electron chi connectivity index (χ0n) is 19.3. The summed E-state index contributed by atoms with van der Waals surface area (Å²) >= 11 is 0. The van der Waals surface area contributed by atoms with Crippen molar-refractivity contribution in [2.24, 2.45) is 0 Å². The molecule has 1 N–H and O–H groups in total. The normalized spacial score (nSPS) is 11.0. The van der Waals surface area contributed by atoms with Crippen LogP contribution in [0.2, 0.25) is 0 Å². The second-order valence-electron chi connectivity index (χ2n) is 7.65. The quantitative estimate of drug-likeness (QED) is 0.162. The molecule has 0 aliphatic carbocycles. The minimum Gasteiger partial charge on any atom is -0.466 e. The summed E-state index contributed by atoms with van der Waals surface area (Å²) in [6.45, 7) is 10.5. The van der Waals surface area contributed by atoms with Crippen LogP contribution >= 0.6 is 0 Å². The highest BCUT2D eigenvalue weighted by atomic mass is 16.7. The maximum atomic E-state index is 11.6. The Morgan fingerprint density at radius 1 is 0.724 bits per heavy atom. The summed E-state index contributed by atoms with van der Waals surface area (Å²) in [6, 6.07) is 0. The number of hydrogen-bond acceptors (Lipinski definition) is 6. The lowest BCUT2D eigenvalue weighted by atomic mass is 10.1. The van der Waals surface area contributed by atoms with Crippen molar-refractivity contribution >= 4 is 11.9 Å². The van der Waals surface area contributed by atoms with Crippen LogP contribution < -0.4 is 5.48 Å². The molecule has 29 heavy (non-hydrogen) atoms. The van der Waals surface area contributed by atoms with Crippen LogP contribution in [0.1, 0.15) is 104 Å². The molecule has 0 aromatic carbocycles. The smallest absolute Gasteiger partial charge is 0.325 e. The Morgan fingerprint density at radius 3 is 1.86 bits per heavy atom. The van der Waals surface area contributed by atoms with Crippen molar-refractivity contribution < 1.29 is 19.2 Å². The van der Waals surface area contributed by atoms with Gasteiger partial charge in [-0.1, -0.05) is 78.6 Å². The molecule has 0 amide bonds. The van der Waals surface area contributed by atoms with E-state index in [-0.39, 0.29) is 18.8 Å². The van der Waals surface area contributed by atoms with Gasteiger partial charge < -0.3 is 14.5 Å². The molecule has 0 rings (SSSR count). The van der Waals surface area contributed by atoms with E-state index in [0.717, 1.165) is 38.9 Å². The summed E-state index contributed by atoms with van der Waals surface area (Å²) in [6.07, 6.45) is 13.7. The van der Waals surface area contributed by atoms with Gasteiger partial charge in [0.2, 0.25) is 0 Å². The zero-order valence-corrected chi connectivity index (χ0v) is 19.3. The van der Waals surface area contributed by atoms with Crippen molar-refractivity contribution in [3.63, 3.8) is 0 Å². The molecule has 6 nitrogen and oxygen atoms in total. The first kappa shape index (κ1) is 27.9. The van der Waals surface area contributed by atoms with Gasteiger partial charge in [0.1, 0.15) is 0 Å². The monoisotopic (exact) mass is 414 g/mol. The van der Waals surface area contributed by atoms with Crippen molar-refractivity contribution in [1.29, 1.82) is 0 Å². The average Bonchev–Trinajstić information content (AvgIpc) is 2.73. The fourth-order valence-corrected chi connectivity index (χ4v) is 3.16. The summed E-state index contributed by atoms with van der Waals surface area (Å²) in [5.41, 5.74) is 2.70. The maximum Gasteiger partial charge on any atom is 0.325 e. The van der Waals surface area contributed by atoms with Crippen molar-refractivity contribution in [2.45, 2.75) is 104 Å². The molecule has 0 fully saturated rings. The molecule has 0 unspecified atom stereocenters. The Kier molecular flexibility index (Phi) is 20.7. The molecule has 172 valence electrons. The second kappa shape index (κ2) is 21.6. The summed E-state index contributed by atoms with van der Waals surface area (Å²) < 4.78 is 5.16. The van der Waals surface area contributed by atoms with E-state index >= 15 is 0 Å². The van der Waals surface area contributed by atoms with Crippen LogP contribution in [-0.2, 0) is 19.2 Å². The fraction of sp³-hybridized carbons (Fsp3) is 0.913. The molecule has 0 spiro atoms. The predicted molar refractivity (Wildman–Crippen MR) is 119 cm³/mol. The van der Waals surface area contributed by atoms with Crippen LogP contribution in [0.3, 0.4) is 0 Å². The summed E-state index contributed by atoms with van der Waals surface area (Å²) in [5, 5.41) is 0. The molecule has 0 aromatic rings. The number of carbonyl (C=O) groups excluding carboxylic acids is 2. The molecule has 6 heteroatoms. The van der Waals surface area contributed by atoms with Gasteiger partial charge in [-0.15, -0.1) is 0 Å². The van der Waals surface area contributed by atoms with E-state index in [2.05, 4.69) is 31.2 Å². The number of carbonyl (C=O) groups is 2. The number of nitrogens with zero attached hydrogens (tertiary/aromatic N) is 1. The lowest BCUT2D eigenvalue weighted by molar-refractivity contribution is -0.155. The Balaban J connectivity index is 3.38. The second-order valence-corrected chi connectivity index (χ2v) is 7.65. The first-order valence-corrected chi connectivity index (χ1v) is 11.9. The van der Waals surface area contributed by atoms with Crippen LogP contribution in [0.5, 0.6) is 0 Å². The number of hydroxylamine groups is 1. The number of unbranched alkanes of at least 4 members (excludes halogenated alkanes) is 9. The molecule has 0 radical (unpaired) electrons. The van der Waals surface area contributed by atoms with Gasteiger partial charge in [0.25, 0.3) is 0 Å². The lowest BCUT2D eigenvalue weighted by Gasteiger charge is -2.17. The Bertz CT molecular complexity index is 387. The van der Waals surface area contributed by atoms with Crippen LogP contribution in [0, 0.1) is 0 Å². The standard InChI is InChI=1S/C23H46N2O4/c1-4-7-8-9-10-11-12-13-14-15-19-24-29-23(27)18-17-22(26)28-21-16-20-25(5-2)6-3/h24H,4-21H2,1-3H3. The number of rotatable bonds is 21. The van der Waals surface area contributed by atoms with Gasteiger partial charge in [-0.25, -0.2) is 0 Å². The Morgan fingerprint density at radius 2 is 1.28 bits per heavy atom. The van der Waals surface area contributed by atoms with Gasteiger partial charge in [-0.05, 0) is 25.9 Å². The van der Waals surface area contributed by atoms with Gasteiger partial charge in [0, 0.05) is 13.1 Å². The molecule has 0 bridgehead atoms. The van der Waals surface area contributed by atoms with E-state index < -0.39 is 5.97 Å². The number of nitrogens with one attached hydrogen (secondary N) is 1. The van der Waals surface area contributed by atoms with E-state index in [4.69, 9.17) is 9.57 Å². The van der Waals surface area contributed by atoms with Gasteiger partial charge in [0.15, 0.2) is 0 Å². The van der Waals surface area contributed by atoms with E-state index in [9.17, 15) is 9.59 Å². The molecule has 0 aliphatic rings. The summed E-state index contributed by atoms with van der Waals surface area (Å²) in [4.78, 5) is 30.5. The minimum atomic E-state index is -0.405. The van der Waals surface area contributed by atoms with Gasteiger partial charge in [-0.3, -0.25) is 9.59 Å². The highest BCUT2D eigenvalue weighted by Gasteiger charge is 2.09. The molecular weight excluding hydrogens is 368 g/mol. The average molecular weight is 415 g/mol. The van der Waals surface area contributed by atoms with Crippen molar-refractivity contribution in [3.8, 4) is 0 Å². The van der Waals surface area contributed by atoms with E-state index in [1.807, 2.05) is 0 Å². The van der Waals surface area contributed by atoms with Crippen molar-refractivity contribution in [2.75, 3.05) is 32.8 Å². The van der Waals surface area contributed by atoms with Gasteiger partial charge >= 0.3 is 11.9 Å². The van der Waals surface area contributed by atoms with Crippen molar-refractivity contribution in [3.05, 3.63) is 0 Å². The number of hydrogen-bond donors (Lipinski definition) is 1. The molecular formula is C23H46N2O4. The summed E-state index contributed by atoms with van der Waals surface area (Å²) in [5.74, 6) is -0.742. The third-order valence-electron chi connectivity index (χ3n) is 5.13. The topological polar surface area (TPSA) is 67.9 Å². The molecule has 0 saturated carbocycles. The highest BCUT2D eigenvalue weighted by molar-refractivity contribution is 5.77. The van der Waals surface area contributed by atoms with Crippen LogP contribution in [0.4, 0.5) is 0 Å². The van der Waals surface area contributed by atoms with Crippen LogP contribution in [0.15, 0.2) is 0 Å². The van der Waals surface area contributed by atoms with Crippen molar-refractivity contribution in [1.82, 2.24) is 10.4 Å². The van der Waals surface area contributed by atoms with Gasteiger partial charge in [-0.2, -0.15) is 5.48 Å². The fourth-order valence-electron chi connectivity index (χ4n) is 3.16. The van der Waals surface area contributed by atoms with E-state index in [0.29, 0.717) is 13.2 Å². The first-order chi connectivity index (χ1) is 14.1. The SMILES string of the molecule is CCCCCCCCCCCCNOC(=O)CCC(=O)OCCCN(CC)CC. The summed E-state index contributed by atoms with van der Waals surface area (Å²) in [7, 11) is 0. The van der Waals surface area contributed by atoms with Crippen LogP contribution in [0.25, 0.3) is 0 Å². The van der Waals surface area contributed by atoms with Gasteiger partial charge in [0.05, 0.1) is 19.4 Å². The first-order valence-electron chi connectivity index (χ1n) is 11.9. The number of esters is 1. The minimum absolute atomic E-state index is 0.0555. The highest BCUT2D eigenvalue weighted by Crippen LogP contribution is 2.10. The zero-order chi connectivity index (χ0) is 21.6. The third kappa shape index (κ3) is 19.9. The van der Waals surface area contributed by atoms with E-state index in [1.165, 1.54) is 51.4 Å².